The molecule has 1 aromatic rings. The van der Waals surface area contributed by atoms with Gasteiger partial charge in [-0.1, -0.05) is 12.1 Å². The summed E-state index contributed by atoms with van der Waals surface area (Å²) in [4.78, 5) is 0. The largest absolute Gasteiger partial charge is 0.435 e. The van der Waals surface area contributed by atoms with Crippen LogP contribution < -0.4 is 10.5 Å². The maximum absolute atomic E-state index is 12.0. The zero-order valence-corrected chi connectivity index (χ0v) is 9.25. The maximum atomic E-state index is 12.0. The van der Waals surface area contributed by atoms with E-state index < -0.39 is 25.3 Å². The Kier molecular flexibility index (Phi) is 4.89. The van der Waals surface area contributed by atoms with Gasteiger partial charge in [-0.15, -0.1) is 0 Å². The molecule has 0 aromatic heterocycles. The Hall–Kier alpha value is -1.37. The fourth-order valence-electron chi connectivity index (χ4n) is 1.41. The highest BCUT2D eigenvalue weighted by atomic mass is 19.4. The molecule has 0 fully saturated rings. The van der Waals surface area contributed by atoms with E-state index in [1.165, 1.54) is 24.3 Å². The average Bonchev–Trinajstić information content (AvgIpc) is 2.24. The van der Waals surface area contributed by atoms with Gasteiger partial charge in [-0.2, -0.15) is 22.0 Å². The molecule has 2 N–H and O–H groups in total. The van der Waals surface area contributed by atoms with Crippen LogP contribution in [0.15, 0.2) is 24.3 Å². The number of benzene rings is 1. The van der Waals surface area contributed by atoms with E-state index in [9.17, 15) is 22.0 Å². The summed E-state index contributed by atoms with van der Waals surface area (Å²) in [6.45, 7) is -2.98. The van der Waals surface area contributed by atoms with Crippen LogP contribution in [0.1, 0.15) is 24.4 Å². The highest BCUT2D eigenvalue weighted by Crippen LogP contribution is 2.27. The number of hydrogen-bond donors (Lipinski definition) is 1. The van der Waals surface area contributed by atoms with Crippen LogP contribution in [0.4, 0.5) is 22.0 Å². The molecular formula is C11H12F5NO. The summed E-state index contributed by atoms with van der Waals surface area (Å²) in [6, 6.07) is 4.51. The minimum atomic E-state index is -4.28. The molecule has 0 radical (unpaired) electrons. The third-order valence-electron chi connectivity index (χ3n) is 2.25. The number of ether oxygens (including phenoxy) is 1. The molecule has 0 heterocycles. The van der Waals surface area contributed by atoms with Crippen LogP contribution in [-0.2, 0) is 0 Å². The second-order valence-corrected chi connectivity index (χ2v) is 3.71. The number of nitrogens with two attached hydrogens (primary N) is 1. The Labute approximate surface area is 101 Å². The SMILES string of the molecule is N[C@H](CCC(F)(F)F)c1cccc(OC(F)F)c1. The topological polar surface area (TPSA) is 35.2 Å². The number of rotatable bonds is 5. The summed E-state index contributed by atoms with van der Waals surface area (Å²) in [5.74, 6) is -0.120. The molecular weight excluding hydrogens is 257 g/mol. The lowest BCUT2D eigenvalue weighted by atomic mass is 10.0. The van der Waals surface area contributed by atoms with E-state index in [1.54, 1.807) is 0 Å². The lowest BCUT2D eigenvalue weighted by molar-refractivity contribution is -0.136. The van der Waals surface area contributed by atoms with E-state index in [-0.39, 0.29) is 12.2 Å². The highest BCUT2D eigenvalue weighted by molar-refractivity contribution is 5.30. The van der Waals surface area contributed by atoms with Crippen LogP contribution in [0.2, 0.25) is 0 Å². The Morgan fingerprint density at radius 3 is 2.44 bits per heavy atom. The summed E-state index contributed by atoms with van der Waals surface area (Å²) in [7, 11) is 0. The minimum Gasteiger partial charge on any atom is -0.435 e. The maximum Gasteiger partial charge on any atom is 0.389 e. The second kappa shape index (κ2) is 5.99. The van der Waals surface area contributed by atoms with Crippen LogP contribution in [0, 0.1) is 0 Å². The van der Waals surface area contributed by atoms with Crippen molar-refractivity contribution >= 4 is 0 Å². The van der Waals surface area contributed by atoms with E-state index >= 15 is 0 Å². The first-order chi connectivity index (χ1) is 8.28. The number of alkyl halides is 5. The van der Waals surface area contributed by atoms with Crippen molar-refractivity contribution in [2.45, 2.75) is 31.7 Å². The standard InChI is InChI=1S/C11H12F5NO/c12-10(13)18-8-3-1-2-7(6-8)9(17)4-5-11(14,15)16/h1-3,6,9-10H,4-5,17H2/t9-/m1/s1. The zero-order chi connectivity index (χ0) is 13.8. The van der Waals surface area contributed by atoms with Crippen molar-refractivity contribution in [1.29, 1.82) is 0 Å². The summed E-state index contributed by atoms with van der Waals surface area (Å²) < 4.78 is 64.1. The molecule has 18 heavy (non-hydrogen) atoms. The summed E-state index contributed by atoms with van der Waals surface area (Å²) >= 11 is 0. The van der Waals surface area contributed by atoms with E-state index in [2.05, 4.69) is 4.74 Å². The number of halogens is 5. The molecule has 7 heteroatoms. The molecule has 2 nitrogen and oxygen atoms in total. The van der Waals surface area contributed by atoms with Gasteiger partial charge in [0, 0.05) is 12.5 Å². The van der Waals surface area contributed by atoms with Crippen molar-refractivity contribution in [3.63, 3.8) is 0 Å². The summed E-state index contributed by atoms with van der Waals surface area (Å²) in [5.41, 5.74) is 5.89. The second-order valence-electron chi connectivity index (χ2n) is 3.71. The van der Waals surface area contributed by atoms with E-state index in [0.717, 1.165) is 0 Å². The minimum absolute atomic E-state index is 0.120. The molecule has 0 saturated heterocycles. The Morgan fingerprint density at radius 2 is 1.89 bits per heavy atom. The van der Waals surface area contributed by atoms with Gasteiger partial charge < -0.3 is 10.5 Å². The lowest BCUT2D eigenvalue weighted by Gasteiger charge is -2.14. The first-order valence-electron chi connectivity index (χ1n) is 5.15. The molecule has 0 amide bonds. The zero-order valence-electron chi connectivity index (χ0n) is 9.25. The Morgan fingerprint density at radius 1 is 1.22 bits per heavy atom. The monoisotopic (exact) mass is 269 g/mol. The third kappa shape index (κ3) is 5.31. The van der Waals surface area contributed by atoms with Crippen molar-refractivity contribution in [3.8, 4) is 5.75 Å². The Bertz CT molecular complexity index is 380. The molecule has 1 aromatic carbocycles. The third-order valence-corrected chi connectivity index (χ3v) is 2.25. The van der Waals surface area contributed by atoms with E-state index in [1.807, 2.05) is 0 Å². The average molecular weight is 269 g/mol. The quantitative estimate of drug-likeness (QED) is 0.828. The summed E-state index contributed by atoms with van der Waals surface area (Å²) in [6.07, 6.45) is -5.61. The van der Waals surface area contributed by atoms with Gasteiger partial charge in [-0.05, 0) is 24.1 Å². The van der Waals surface area contributed by atoms with Crippen LogP contribution in [0.5, 0.6) is 5.75 Å². The first-order valence-corrected chi connectivity index (χ1v) is 5.15. The van der Waals surface area contributed by atoms with Gasteiger partial charge in [-0.3, -0.25) is 0 Å². The van der Waals surface area contributed by atoms with Gasteiger partial charge in [-0.25, -0.2) is 0 Å². The van der Waals surface area contributed by atoms with E-state index in [0.29, 0.717) is 5.56 Å². The molecule has 0 bridgehead atoms. The fraction of sp³-hybridized carbons (Fsp3) is 0.455. The van der Waals surface area contributed by atoms with Crippen LogP contribution in [0.3, 0.4) is 0 Å². The molecule has 0 aliphatic heterocycles. The number of hydrogen-bond acceptors (Lipinski definition) is 2. The van der Waals surface area contributed by atoms with Crippen molar-refractivity contribution < 1.29 is 26.7 Å². The van der Waals surface area contributed by atoms with Gasteiger partial charge in [0.1, 0.15) is 5.75 Å². The lowest BCUT2D eigenvalue weighted by Crippen LogP contribution is -2.16. The summed E-state index contributed by atoms with van der Waals surface area (Å²) in [5, 5.41) is 0. The van der Waals surface area contributed by atoms with Gasteiger partial charge in [0.05, 0.1) is 0 Å². The fourth-order valence-corrected chi connectivity index (χ4v) is 1.41. The predicted octanol–water partition coefficient (Wildman–Crippen LogP) is 3.63. The molecule has 102 valence electrons. The smallest absolute Gasteiger partial charge is 0.389 e. The van der Waals surface area contributed by atoms with Gasteiger partial charge in [0.2, 0.25) is 0 Å². The predicted molar refractivity (Wildman–Crippen MR) is 55.3 cm³/mol. The van der Waals surface area contributed by atoms with Gasteiger partial charge in [0.25, 0.3) is 0 Å². The molecule has 0 saturated carbocycles. The molecule has 0 aliphatic carbocycles. The van der Waals surface area contributed by atoms with Gasteiger partial charge in [0.15, 0.2) is 0 Å². The molecule has 1 atom stereocenters. The molecule has 0 unspecified atom stereocenters. The van der Waals surface area contributed by atoms with Crippen LogP contribution >= 0.6 is 0 Å². The molecule has 0 aliphatic rings. The van der Waals surface area contributed by atoms with Crippen molar-refractivity contribution in [2.75, 3.05) is 0 Å². The molecule has 0 spiro atoms. The van der Waals surface area contributed by atoms with Crippen LogP contribution in [0.25, 0.3) is 0 Å². The highest BCUT2D eigenvalue weighted by Gasteiger charge is 2.27. The Balaban J connectivity index is 2.65. The van der Waals surface area contributed by atoms with Crippen molar-refractivity contribution in [2.24, 2.45) is 5.73 Å². The normalized spacial score (nSPS) is 13.7. The van der Waals surface area contributed by atoms with Gasteiger partial charge >= 0.3 is 12.8 Å². The van der Waals surface area contributed by atoms with Crippen molar-refractivity contribution in [1.82, 2.24) is 0 Å². The van der Waals surface area contributed by atoms with Crippen LogP contribution in [-0.4, -0.2) is 12.8 Å². The van der Waals surface area contributed by atoms with E-state index in [4.69, 9.17) is 5.73 Å². The molecule has 1 rings (SSSR count). The van der Waals surface area contributed by atoms with Crippen molar-refractivity contribution in [3.05, 3.63) is 29.8 Å². The first kappa shape index (κ1) is 14.7.